The molecule has 4 nitrogen and oxygen atoms in total. The molecule has 0 bridgehead atoms. The summed E-state index contributed by atoms with van der Waals surface area (Å²) in [6.07, 6.45) is 0.314. The molecule has 0 heterocycles. The van der Waals surface area contributed by atoms with Gasteiger partial charge in [-0.25, -0.2) is 12.6 Å². The van der Waals surface area contributed by atoms with Crippen molar-refractivity contribution in [1.29, 1.82) is 0 Å². The molecule has 0 aliphatic rings. The van der Waals surface area contributed by atoms with Gasteiger partial charge < -0.3 is 0 Å². The average Bonchev–Trinajstić information content (AvgIpc) is 1.63. The van der Waals surface area contributed by atoms with Gasteiger partial charge in [0.1, 0.15) is 0 Å². The van der Waals surface area contributed by atoms with Gasteiger partial charge >= 0.3 is 0 Å². The summed E-state index contributed by atoms with van der Waals surface area (Å²) in [6.45, 7) is 4.06. The molecule has 0 aliphatic heterocycles. The van der Waals surface area contributed by atoms with Gasteiger partial charge in [-0.1, -0.05) is 6.92 Å². The third-order valence-corrected chi connectivity index (χ3v) is 1.06. The summed E-state index contributed by atoms with van der Waals surface area (Å²) >= 11 is 0. The van der Waals surface area contributed by atoms with Crippen molar-refractivity contribution in [2.75, 3.05) is 6.54 Å². The minimum Gasteiger partial charge on any atom is -0.285 e. The van der Waals surface area contributed by atoms with E-state index in [1.807, 2.05) is 6.92 Å². The second-order valence-corrected chi connectivity index (χ2v) is 2.03. The predicted octanol–water partition coefficient (Wildman–Crippen LogP) is -0.352. The molecule has 5 heteroatoms. The predicted molar refractivity (Wildman–Crippen MR) is 34.0 cm³/mol. The zero-order valence-corrected chi connectivity index (χ0v) is 6.27. The van der Waals surface area contributed by atoms with E-state index in [4.69, 9.17) is 0 Å². The first kappa shape index (κ1) is 8.87. The van der Waals surface area contributed by atoms with Crippen molar-refractivity contribution >= 4 is 11.0 Å². The first-order chi connectivity index (χ1) is 4.16. The highest BCUT2D eigenvalue weighted by atomic mass is 32.2. The van der Waals surface area contributed by atoms with E-state index in [9.17, 15) is 8.42 Å². The lowest BCUT2D eigenvalue weighted by atomic mass is 10.6. The van der Waals surface area contributed by atoms with Gasteiger partial charge in [-0.2, -0.15) is 0 Å². The van der Waals surface area contributed by atoms with Crippen LogP contribution in [0.3, 0.4) is 0 Å². The maximum absolute atomic E-state index is 9.84. The van der Waals surface area contributed by atoms with Crippen molar-refractivity contribution < 1.29 is 12.6 Å². The van der Waals surface area contributed by atoms with Crippen molar-refractivity contribution in [1.82, 2.24) is 5.32 Å². The maximum Gasteiger partial charge on any atom is 0.259 e. The molecule has 9 heavy (non-hydrogen) atoms. The van der Waals surface area contributed by atoms with Crippen LogP contribution in [0.15, 0.2) is 0 Å². The Bertz CT molecular complexity index is 126. The second kappa shape index (κ2) is 4.72. The molecule has 0 aliphatic carbocycles. The fourth-order valence-electron chi connectivity index (χ4n) is 0.393. The van der Waals surface area contributed by atoms with Crippen molar-refractivity contribution in [3.8, 4) is 0 Å². The van der Waals surface area contributed by atoms with Crippen LogP contribution in [-0.4, -0.2) is 15.0 Å². The normalized spacial score (nSPS) is 11.1. The monoisotopic (exact) mass is 152 g/mol. The van der Waals surface area contributed by atoms with Crippen molar-refractivity contribution in [3.05, 3.63) is 6.23 Å². The van der Waals surface area contributed by atoms with Crippen LogP contribution in [0.25, 0.3) is 0 Å². The van der Waals surface area contributed by atoms with E-state index in [1.54, 1.807) is 6.92 Å². The van der Waals surface area contributed by atoms with Crippen molar-refractivity contribution in [2.45, 2.75) is 13.8 Å². The van der Waals surface area contributed by atoms with E-state index >= 15 is 0 Å². The van der Waals surface area contributed by atoms with Crippen molar-refractivity contribution in [2.24, 2.45) is 0 Å². The number of rotatable bonds is 4. The van der Waals surface area contributed by atoms with Crippen LogP contribution >= 0.6 is 0 Å². The van der Waals surface area contributed by atoms with E-state index in [-0.39, 0.29) is 0 Å². The molecule has 0 rings (SSSR count). The van der Waals surface area contributed by atoms with Gasteiger partial charge in [0.25, 0.3) is 11.0 Å². The van der Waals surface area contributed by atoms with Gasteiger partial charge in [0, 0.05) is 0 Å². The molecule has 0 aromatic carbocycles. The van der Waals surface area contributed by atoms with Gasteiger partial charge in [0.05, 0.1) is 0 Å². The topological polar surface area (TPSA) is 55.4 Å². The lowest BCUT2D eigenvalue weighted by molar-refractivity contribution is 0.310. The molecule has 0 atom stereocenters. The van der Waals surface area contributed by atoms with Gasteiger partial charge in [0.15, 0.2) is 6.23 Å². The summed E-state index contributed by atoms with van der Waals surface area (Å²) in [5.74, 6) is 0. The van der Waals surface area contributed by atoms with E-state index in [0.717, 1.165) is 0 Å². The molecule has 0 saturated heterocycles. The second-order valence-electron chi connectivity index (χ2n) is 1.40. The molecule has 0 saturated carbocycles. The van der Waals surface area contributed by atoms with Crippen LogP contribution in [0.4, 0.5) is 0 Å². The summed E-state index contributed by atoms with van der Waals surface area (Å²) in [7, 11) is -2.75. The number of hydrogen-bond acceptors (Lipinski definition) is 4. The molecule has 0 amide bonds. The minimum atomic E-state index is -2.75. The Labute approximate surface area is 56.4 Å². The van der Waals surface area contributed by atoms with E-state index in [0.29, 0.717) is 12.8 Å². The molecular weight excluding hydrogens is 142 g/mol. The summed E-state index contributed by atoms with van der Waals surface area (Å²) in [5.41, 5.74) is 0. The Morgan fingerprint density at radius 1 is 1.67 bits per heavy atom. The van der Waals surface area contributed by atoms with Gasteiger partial charge in [0.2, 0.25) is 0 Å². The van der Waals surface area contributed by atoms with Gasteiger partial charge in [-0.3, -0.25) is 5.32 Å². The molecule has 1 N–H and O–H groups in total. The largest absolute Gasteiger partial charge is 0.285 e. The minimum absolute atomic E-state index is 0.314. The highest BCUT2D eigenvalue weighted by Gasteiger charge is 1.99. The summed E-state index contributed by atoms with van der Waals surface area (Å²) in [5, 5.41) is 2.69. The van der Waals surface area contributed by atoms with Crippen LogP contribution in [-0.2, 0) is 15.2 Å². The zero-order chi connectivity index (χ0) is 7.28. The number of thiol groups is 1. The molecular formula is C4H10NO3S. The Morgan fingerprint density at radius 2 is 2.22 bits per heavy atom. The van der Waals surface area contributed by atoms with E-state index in [1.165, 1.54) is 0 Å². The highest BCUT2D eigenvalue weighted by Crippen LogP contribution is 1.92. The lowest BCUT2D eigenvalue weighted by Gasteiger charge is -2.04. The Hall–Kier alpha value is -0.130. The first-order valence-electron chi connectivity index (χ1n) is 2.56. The Balaban J connectivity index is 3.37. The van der Waals surface area contributed by atoms with Crippen LogP contribution in [0.5, 0.6) is 0 Å². The summed E-state index contributed by atoms with van der Waals surface area (Å²) < 4.78 is 23.9. The van der Waals surface area contributed by atoms with E-state index < -0.39 is 11.0 Å². The first-order valence-corrected chi connectivity index (χ1v) is 3.66. The van der Waals surface area contributed by atoms with Crippen molar-refractivity contribution in [3.63, 3.8) is 0 Å². The zero-order valence-electron chi connectivity index (χ0n) is 5.38. The average molecular weight is 152 g/mol. The fraction of sp³-hybridized carbons (Fsp3) is 0.750. The molecule has 1 radical (unpaired) electrons. The number of hydrogen-bond donors (Lipinski definition) is 2. The molecule has 0 aromatic rings. The molecule has 55 valence electrons. The third-order valence-electron chi connectivity index (χ3n) is 0.637. The Kier molecular flexibility index (Phi) is 4.65. The van der Waals surface area contributed by atoms with Crippen LogP contribution in [0.2, 0.25) is 0 Å². The van der Waals surface area contributed by atoms with Gasteiger partial charge in [-0.15, -0.1) is 0 Å². The summed E-state index contributed by atoms with van der Waals surface area (Å²) in [6, 6.07) is 0. The third kappa shape index (κ3) is 5.75. The smallest absolute Gasteiger partial charge is 0.259 e. The van der Waals surface area contributed by atoms with Crippen LogP contribution in [0, 0.1) is 6.23 Å². The maximum atomic E-state index is 9.84. The summed E-state index contributed by atoms with van der Waals surface area (Å²) in [4.78, 5) is 0. The van der Waals surface area contributed by atoms with Crippen LogP contribution < -0.4 is 5.32 Å². The molecule has 0 aromatic heterocycles. The standard InChI is InChI=1S/C4H10NO3S/c1-3-5-4(2)8-9(6)7/h5,9H,3H2,1-2H3. The Morgan fingerprint density at radius 3 is 2.56 bits per heavy atom. The highest BCUT2D eigenvalue weighted by molar-refractivity contribution is 7.67. The molecule has 0 unspecified atom stereocenters. The number of nitrogens with one attached hydrogen (secondary N) is 1. The quantitative estimate of drug-likeness (QED) is 0.540. The fourth-order valence-corrected chi connectivity index (χ4v) is 0.681. The van der Waals surface area contributed by atoms with Crippen LogP contribution in [0.1, 0.15) is 13.8 Å². The SMILES string of the molecule is CCN[C](C)O[SH](=O)=O. The van der Waals surface area contributed by atoms with Gasteiger partial charge in [-0.05, 0) is 13.5 Å². The molecule has 0 fully saturated rings. The lowest BCUT2D eigenvalue weighted by Crippen LogP contribution is -2.19. The molecule has 0 spiro atoms. The van der Waals surface area contributed by atoms with E-state index in [2.05, 4.69) is 9.50 Å².